The van der Waals surface area contributed by atoms with Crippen molar-refractivity contribution in [3.05, 3.63) is 71.1 Å². The van der Waals surface area contributed by atoms with E-state index in [4.69, 9.17) is 4.42 Å². The molecule has 0 spiro atoms. The van der Waals surface area contributed by atoms with Gasteiger partial charge in [0.1, 0.15) is 0 Å². The molecule has 1 amide bonds. The SMILES string of the molecule is CC1CCCN(S(=O)(=O)c2ccc(C(=O)Nc3nnc(Cc4ccc(C(C)C)cc4)o3)cc2)C1. The summed E-state index contributed by atoms with van der Waals surface area (Å²) in [7, 11) is -3.57. The number of carbonyl (C=O) groups is 1. The van der Waals surface area contributed by atoms with Gasteiger partial charge in [-0.3, -0.25) is 10.1 Å². The molecule has 34 heavy (non-hydrogen) atoms. The summed E-state index contributed by atoms with van der Waals surface area (Å²) < 4.78 is 32.9. The number of benzene rings is 2. The van der Waals surface area contributed by atoms with E-state index >= 15 is 0 Å². The van der Waals surface area contributed by atoms with Gasteiger partial charge in [0.25, 0.3) is 5.91 Å². The lowest BCUT2D eigenvalue weighted by Crippen LogP contribution is -2.39. The summed E-state index contributed by atoms with van der Waals surface area (Å²) in [6.07, 6.45) is 2.35. The van der Waals surface area contributed by atoms with Crippen LogP contribution in [-0.2, 0) is 16.4 Å². The Morgan fingerprint density at radius 1 is 1.12 bits per heavy atom. The quantitative estimate of drug-likeness (QED) is 0.533. The molecule has 1 aliphatic heterocycles. The minimum absolute atomic E-state index is 0.00203. The average Bonchev–Trinajstić information content (AvgIpc) is 3.26. The Morgan fingerprint density at radius 3 is 2.47 bits per heavy atom. The monoisotopic (exact) mass is 482 g/mol. The Bertz CT molecular complexity index is 1230. The molecule has 1 saturated heterocycles. The van der Waals surface area contributed by atoms with Gasteiger partial charge in [0.2, 0.25) is 15.9 Å². The molecule has 1 unspecified atom stereocenters. The fourth-order valence-corrected chi connectivity index (χ4v) is 5.63. The summed E-state index contributed by atoms with van der Waals surface area (Å²) in [6, 6.07) is 14.1. The van der Waals surface area contributed by atoms with E-state index in [0.29, 0.717) is 42.8 Å². The molecule has 1 aromatic heterocycles. The van der Waals surface area contributed by atoms with Crippen molar-refractivity contribution in [1.82, 2.24) is 14.5 Å². The summed E-state index contributed by atoms with van der Waals surface area (Å²) in [5.41, 5.74) is 2.59. The second kappa shape index (κ2) is 10.1. The number of nitrogens with one attached hydrogen (secondary N) is 1. The molecule has 1 N–H and O–H groups in total. The van der Waals surface area contributed by atoms with E-state index in [-0.39, 0.29) is 10.9 Å². The lowest BCUT2D eigenvalue weighted by atomic mass is 10.0. The van der Waals surface area contributed by atoms with Gasteiger partial charge in [0, 0.05) is 18.7 Å². The van der Waals surface area contributed by atoms with Crippen LogP contribution in [0.3, 0.4) is 0 Å². The van der Waals surface area contributed by atoms with Crippen molar-refractivity contribution < 1.29 is 17.6 Å². The normalized spacial score (nSPS) is 17.1. The van der Waals surface area contributed by atoms with Crippen LogP contribution >= 0.6 is 0 Å². The maximum atomic E-state index is 12.9. The van der Waals surface area contributed by atoms with Gasteiger partial charge in [-0.25, -0.2) is 8.42 Å². The molecule has 0 radical (unpaired) electrons. The summed E-state index contributed by atoms with van der Waals surface area (Å²) in [4.78, 5) is 12.8. The van der Waals surface area contributed by atoms with Gasteiger partial charge in [-0.2, -0.15) is 4.31 Å². The number of hydrogen-bond acceptors (Lipinski definition) is 6. The first kappa shape index (κ1) is 24.1. The van der Waals surface area contributed by atoms with E-state index in [2.05, 4.69) is 48.4 Å². The van der Waals surface area contributed by atoms with E-state index in [9.17, 15) is 13.2 Å². The maximum absolute atomic E-state index is 12.9. The number of hydrogen-bond donors (Lipinski definition) is 1. The van der Waals surface area contributed by atoms with Crippen molar-refractivity contribution in [2.75, 3.05) is 18.4 Å². The molecule has 1 atom stereocenters. The molecule has 0 bridgehead atoms. The van der Waals surface area contributed by atoms with Crippen molar-refractivity contribution in [2.45, 2.75) is 50.8 Å². The first-order valence-electron chi connectivity index (χ1n) is 11.5. The van der Waals surface area contributed by atoms with Crippen LogP contribution in [0.25, 0.3) is 0 Å². The van der Waals surface area contributed by atoms with Crippen molar-refractivity contribution in [3.8, 4) is 0 Å². The predicted molar refractivity (Wildman–Crippen MR) is 129 cm³/mol. The molecule has 2 heterocycles. The molecule has 2 aromatic carbocycles. The smallest absolute Gasteiger partial charge is 0.322 e. The zero-order chi connectivity index (χ0) is 24.3. The van der Waals surface area contributed by atoms with E-state index in [1.165, 1.54) is 34.1 Å². The van der Waals surface area contributed by atoms with Crippen LogP contribution in [0.5, 0.6) is 0 Å². The lowest BCUT2D eigenvalue weighted by Gasteiger charge is -2.30. The Labute approximate surface area is 200 Å². The van der Waals surface area contributed by atoms with Gasteiger partial charge in [-0.1, -0.05) is 50.1 Å². The summed E-state index contributed by atoms with van der Waals surface area (Å²) >= 11 is 0. The van der Waals surface area contributed by atoms with E-state index in [0.717, 1.165) is 18.4 Å². The number of anilines is 1. The Morgan fingerprint density at radius 2 is 1.82 bits per heavy atom. The third-order valence-electron chi connectivity index (χ3n) is 6.06. The first-order chi connectivity index (χ1) is 16.2. The summed E-state index contributed by atoms with van der Waals surface area (Å²) in [5, 5.41) is 10.5. The van der Waals surface area contributed by atoms with Gasteiger partial charge in [0.15, 0.2) is 0 Å². The number of piperidine rings is 1. The minimum Gasteiger partial charge on any atom is -0.407 e. The molecule has 9 heteroatoms. The fourth-order valence-electron chi connectivity index (χ4n) is 4.03. The minimum atomic E-state index is -3.57. The van der Waals surface area contributed by atoms with Gasteiger partial charge in [0.05, 0.1) is 11.3 Å². The van der Waals surface area contributed by atoms with Crippen molar-refractivity contribution in [2.24, 2.45) is 5.92 Å². The average molecular weight is 483 g/mol. The second-order valence-electron chi connectivity index (χ2n) is 9.16. The standard InChI is InChI=1S/C25H30N4O4S/c1-17(2)20-8-6-19(7-9-20)15-23-27-28-25(33-23)26-24(30)21-10-12-22(13-11-21)34(31,32)29-14-4-5-18(3)16-29/h6-13,17-18H,4-5,14-16H2,1-3H3,(H,26,28,30). The maximum Gasteiger partial charge on any atom is 0.322 e. The first-order valence-corrected chi connectivity index (χ1v) is 13.0. The highest BCUT2D eigenvalue weighted by atomic mass is 32.2. The van der Waals surface area contributed by atoms with Gasteiger partial charge < -0.3 is 4.42 Å². The van der Waals surface area contributed by atoms with Crippen LogP contribution in [0.1, 0.15) is 66.9 Å². The number of amides is 1. The topological polar surface area (TPSA) is 105 Å². The third-order valence-corrected chi connectivity index (χ3v) is 7.94. The summed E-state index contributed by atoms with van der Waals surface area (Å²) in [6.45, 7) is 7.38. The molecule has 1 aliphatic rings. The molecule has 180 valence electrons. The molecule has 0 saturated carbocycles. The molecule has 4 rings (SSSR count). The van der Waals surface area contributed by atoms with Crippen LogP contribution in [0.4, 0.5) is 6.01 Å². The lowest BCUT2D eigenvalue weighted by molar-refractivity contribution is 0.102. The Kier molecular flexibility index (Phi) is 7.13. The van der Waals surface area contributed by atoms with Crippen molar-refractivity contribution >= 4 is 21.9 Å². The van der Waals surface area contributed by atoms with Gasteiger partial charge in [-0.05, 0) is 60.1 Å². The fraction of sp³-hybridized carbons (Fsp3) is 0.400. The molecular formula is C25H30N4O4S. The highest BCUT2D eigenvalue weighted by Gasteiger charge is 2.28. The zero-order valence-electron chi connectivity index (χ0n) is 19.7. The largest absolute Gasteiger partial charge is 0.407 e. The van der Waals surface area contributed by atoms with Crippen LogP contribution < -0.4 is 5.32 Å². The molecule has 0 aliphatic carbocycles. The number of nitrogens with zero attached hydrogens (tertiary/aromatic N) is 3. The highest BCUT2D eigenvalue weighted by Crippen LogP contribution is 2.24. The van der Waals surface area contributed by atoms with E-state index in [1.807, 2.05) is 12.1 Å². The third kappa shape index (κ3) is 5.53. The van der Waals surface area contributed by atoms with Crippen LogP contribution in [0.2, 0.25) is 0 Å². The Hall–Kier alpha value is -3.04. The highest BCUT2D eigenvalue weighted by molar-refractivity contribution is 7.89. The van der Waals surface area contributed by atoms with Crippen molar-refractivity contribution in [3.63, 3.8) is 0 Å². The number of aromatic nitrogens is 2. The van der Waals surface area contributed by atoms with Crippen LogP contribution in [-0.4, -0.2) is 41.9 Å². The molecular weight excluding hydrogens is 452 g/mol. The number of rotatable bonds is 7. The van der Waals surface area contributed by atoms with E-state index < -0.39 is 15.9 Å². The van der Waals surface area contributed by atoms with Gasteiger partial charge >= 0.3 is 6.01 Å². The molecule has 1 fully saturated rings. The number of sulfonamides is 1. The number of carbonyl (C=O) groups excluding carboxylic acids is 1. The zero-order valence-corrected chi connectivity index (χ0v) is 20.5. The van der Waals surface area contributed by atoms with Crippen LogP contribution in [0.15, 0.2) is 57.8 Å². The Balaban J connectivity index is 1.38. The molecule has 3 aromatic rings. The van der Waals surface area contributed by atoms with Crippen LogP contribution in [0, 0.1) is 5.92 Å². The van der Waals surface area contributed by atoms with Crippen molar-refractivity contribution in [1.29, 1.82) is 0 Å². The van der Waals surface area contributed by atoms with E-state index in [1.54, 1.807) is 0 Å². The molecule has 8 nitrogen and oxygen atoms in total. The predicted octanol–water partition coefficient (Wildman–Crippen LogP) is 4.46. The second-order valence-corrected chi connectivity index (χ2v) is 11.1. The van der Waals surface area contributed by atoms with Gasteiger partial charge in [-0.15, -0.1) is 5.10 Å². The summed E-state index contributed by atoms with van der Waals surface area (Å²) in [5.74, 6) is 0.742.